The van der Waals surface area contributed by atoms with E-state index in [0.29, 0.717) is 35.2 Å². The lowest BCUT2D eigenvalue weighted by Crippen LogP contribution is -2.49. The van der Waals surface area contributed by atoms with Crippen LogP contribution in [0.25, 0.3) is 16.9 Å². The highest BCUT2D eigenvalue weighted by atomic mass is 35.5. The molecule has 3 aromatic rings. The van der Waals surface area contributed by atoms with E-state index in [1.165, 1.54) is 22.9 Å². The number of amides is 1. The van der Waals surface area contributed by atoms with Gasteiger partial charge in [-0.25, -0.2) is 4.68 Å². The molecule has 0 saturated carbocycles. The summed E-state index contributed by atoms with van der Waals surface area (Å²) in [5.74, 6) is -0.589. The van der Waals surface area contributed by atoms with E-state index in [1.54, 1.807) is 36.4 Å². The molecule has 5 rings (SSSR count). The number of carbonyl (C=O) groups excluding carboxylic acids is 1. The van der Waals surface area contributed by atoms with Crippen LogP contribution in [-0.4, -0.2) is 52.2 Å². The zero-order valence-corrected chi connectivity index (χ0v) is 18.0. The third kappa shape index (κ3) is 4.43. The molecule has 6 nitrogen and oxygen atoms in total. The Morgan fingerprint density at radius 3 is 2.48 bits per heavy atom. The van der Waals surface area contributed by atoms with E-state index in [4.69, 9.17) is 16.3 Å². The van der Waals surface area contributed by atoms with E-state index < -0.39 is 6.36 Å². The predicted molar refractivity (Wildman–Crippen MR) is 114 cm³/mol. The van der Waals surface area contributed by atoms with Gasteiger partial charge in [0.1, 0.15) is 5.75 Å². The number of hydrogen-bond acceptors (Lipinski definition) is 4. The van der Waals surface area contributed by atoms with Crippen LogP contribution in [0.2, 0.25) is 5.02 Å². The maximum Gasteiger partial charge on any atom is 0.573 e. The third-order valence-electron chi connectivity index (χ3n) is 5.82. The number of rotatable bonds is 4. The summed E-state index contributed by atoms with van der Waals surface area (Å²) >= 11 is 6.15. The highest BCUT2D eigenvalue weighted by Crippen LogP contribution is 2.33. The third-order valence-corrected chi connectivity index (χ3v) is 6.05. The van der Waals surface area contributed by atoms with Crippen LogP contribution >= 0.6 is 11.6 Å². The number of halogens is 4. The minimum absolute atomic E-state index is 0.000432. The standard InChI is InChI=1S/C23H19ClF3N3O3/c24-15-4-2-5-16(10-15)30-21(14-3-1-6-19(9-14)33-23(25,26)27)11-20(28-30)22(31)29-17-7-8-18(29)13-32-12-17/h1-6,9-11,17-18H,7-8,12-13H2. The number of benzene rings is 2. The lowest BCUT2D eigenvalue weighted by molar-refractivity contribution is -0.274. The molecule has 2 aliphatic rings. The Bertz CT molecular complexity index is 1180. The Morgan fingerprint density at radius 1 is 1.06 bits per heavy atom. The Kier molecular flexibility index (Phi) is 5.54. The molecule has 2 unspecified atom stereocenters. The predicted octanol–water partition coefficient (Wildman–Crippen LogP) is 5.09. The summed E-state index contributed by atoms with van der Waals surface area (Å²) in [6.07, 6.45) is -3.08. The molecule has 0 spiro atoms. The molecule has 3 heterocycles. The van der Waals surface area contributed by atoms with Crippen molar-refractivity contribution in [3.8, 4) is 22.7 Å². The Labute approximate surface area is 192 Å². The lowest BCUT2D eigenvalue weighted by Gasteiger charge is -2.34. The summed E-state index contributed by atoms with van der Waals surface area (Å²) in [5, 5.41) is 5.00. The van der Waals surface area contributed by atoms with Crippen molar-refractivity contribution in [2.45, 2.75) is 31.3 Å². The summed E-state index contributed by atoms with van der Waals surface area (Å²) in [7, 11) is 0. The summed E-state index contributed by atoms with van der Waals surface area (Å²) in [5.41, 5.74) is 1.62. The fraction of sp³-hybridized carbons (Fsp3) is 0.304. The molecule has 0 radical (unpaired) electrons. The largest absolute Gasteiger partial charge is 0.573 e. The molecule has 0 N–H and O–H groups in total. The van der Waals surface area contributed by atoms with Gasteiger partial charge in [0.05, 0.1) is 36.7 Å². The van der Waals surface area contributed by atoms with E-state index in [-0.39, 0.29) is 29.4 Å². The van der Waals surface area contributed by atoms with Crippen molar-refractivity contribution in [1.29, 1.82) is 0 Å². The van der Waals surface area contributed by atoms with Crippen molar-refractivity contribution in [3.05, 3.63) is 65.3 Å². The van der Waals surface area contributed by atoms with Crippen LogP contribution in [0.4, 0.5) is 13.2 Å². The van der Waals surface area contributed by atoms with E-state index in [2.05, 4.69) is 9.84 Å². The molecule has 1 aromatic heterocycles. The van der Waals surface area contributed by atoms with Crippen molar-refractivity contribution in [3.63, 3.8) is 0 Å². The molecule has 2 aromatic carbocycles. The molecule has 33 heavy (non-hydrogen) atoms. The zero-order valence-electron chi connectivity index (χ0n) is 17.3. The highest BCUT2D eigenvalue weighted by molar-refractivity contribution is 6.30. The van der Waals surface area contributed by atoms with Gasteiger partial charge in [-0.1, -0.05) is 29.8 Å². The number of carbonyl (C=O) groups is 1. The van der Waals surface area contributed by atoms with Gasteiger partial charge in [-0.15, -0.1) is 13.2 Å². The zero-order chi connectivity index (χ0) is 23.2. The van der Waals surface area contributed by atoms with Crippen molar-refractivity contribution >= 4 is 17.5 Å². The van der Waals surface area contributed by atoms with Gasteiger partial charge in [-0.05, 0) is 49.2 Å². The molecule has 1 amide bonds. The van der Waals surface area contributed by atoms with E-state index in [9.17, 15) is 18.0 Å². The van der Waals surface area contributed by atoms with Crippen LogP contribution in [0.15, 0.2) is 54.6 Å². The number of alkyl halides is 3. The van der Waals surface area contributed by atoms with Crippen molar-refractivity contribution in [2.75, 3.05) is 13.2 Å². The first-order valence-corrected chi connectivity index (χ1v) is 10.8. The number of fused-ring (bicyclic) bond motifs is 2. The SMILES string of the molecule is O=C(c1cc(-c2cccc(OC(F)(F)F)c2)n(-c2cccc(Cl)c2)n1)N1C2CCC1COC2. The molecule has 2 bridgehead atoms. The molecule has 0 aliphatic carbocycles. The smallest absolute Gasteiger partial charge is 0.406 e. The van der Waals surface area contributed by atoms with E-state index >= 15 is 0 Å². The molecular weight excluding hydrogens is 459 g/mol. The van der Waals surface area contributed by atoms with E-state index in [1.807, 2.05) is 4.90 Å². The maximum atomic E-state index is 13.4. The topological polar surface area (TPSA) is 56.6 Å². The Hall–Kier alpha value is -3.04. The second kappa shape index (κ2) is 8.39. The minimum Gasteiger partial charge on any atom is -0.406 e. The molecule has 2 atom stereocenters. The van der Waals surface area contributed by atoms with Gasteiger partial charge in [-0.2, -0.15) is 5.10 Å². The fourth-order valence-electron chi connectivity index (χ4n) is 4.44. The first-order valence-electron chi connectivity index (χ1n) is 10.4. The fourth-order valence-corrected chi connectivity index (χ4v) is 4.63. The van der Waals surface area contributed by atoms with Gasteiger partial charge in [-0.3, -0.25) is 4.79 Å². The lowest BCUT2D eigenvalue weighted by atomic mass is 10.1. The van der Waals surface area contributed by atoms with Crippen LogP contribution in [0, 0.1) is 0 Å². The molecule has 2 aliphatic heterocycles. The number of hydrogen-bond donors (Lipinski definition) is 0. The first-order chi connectivity index (χ1) is 15.8. The molecule has 10 heteroatoms. The molecule has 2 fully saturated rings. The van der Waals surface area contributed by atoms with E-state index in [0.717, 1.165) is 12.8 Å². The monoisotopic (exact) mass is 477 g/mol. The molecule has 172 valence electrons. The number of nitrogens with zero attached hydrogens (tertiary/aromatic N) is 3. The highest BCUT2D eigenvalue weighted by Gasteiger charge is 2.41. The summed E-state index contributed by atoms with van der Waals surface area (Å²) in [6.45, 7) is 0.974. The minimum atomic E-state index is -4.82. The number of morpholine rings is 1. The first kappa shape index (κ1) is 21.8. The Morgan fingerprint density at radius 2 is 1.79 bits per heavy atom. The summed E-state index contributed by atoms with van der Waals surface area (Å²) in [4.78, 5) is 15.2. The summed E-state index contributed by atoms with van der Waals surface area (Å²) < 4.78 is 49.4. The number of ether oxygens (including phenoxy) is 2. The van der Waals surface area contributed by atoms with Crippen molar-refractivity contribution < 1.29 is 27.4 Å². The van der Waals surface area contributed by atoms with Crippen LogP contribution in [0.5, 0.6) is 5.75 Å². The van der Waals surface area contributed by atoms with Crippen LogP contribution < -0.4 is 4.74 Å². The molecule has 2 saturated heterocycles. The van der Waals surface area contributed by atoms with Gasteiger partial charge in [0.25, 0.3) is 5.91 Å². The quantitative estimate of drug-likeness (QED) is 0.525. The maximum absolute atomic E-state index is 13.4. The van der Waals surface area contributed by atoms with Crippen LogP contribution in [-0.2, 0) is 4.74 Å². The van der Waals surface area contributed by atoms with Gasteiger partial charge in [0, 0.05) is 10.6 Å². The Balaban J connectivity index is 1.58. The van der Waals surface area contributed by atoms with Gasteiger partial charge in [0.2, 0.25) is 0 Å². The second-order valence-electron chi connectivity index (χ2n) is 8.02. The van der Waals surface area contributed by atoms with Gasteiger partial charge in [0.15, 0.2) is 5.69 Å². The van der Waals surface area contributed by atoms with Gasteiger partial charge < -0.3 is 14.4 Å². The molecular formula is C23H19ClF3N3O3. The normalized spacial score (nSPS) is 20.2. The van der Waals surface area contributed by atoms with Gasteiger partial charge >= 0.3 is 6.36 Å². The average Bonchev–Trinajstić information content (AvgIpc) is 3.31. The van der Waals surface area contributed by atoms with Crippen LogP contribution in [0.1, 0.15) is 23.3 Å². The number of aromatic nitrogens is 2. The second-order valence-corrected chi connectivity index (χ2v) is 8.45. The van der Waals surface area contributed by atoms with Crippen molar-refractivity contribution in [1.82, 2.24) is 14.7 Å². The van der Waals surface area contributed by atoms with Crippen LogP contribution in [0.3, 0.4) is 0 Å². The average molecular weight is 478 g/mol. The van der Waals surface area contributed by atoms with Crippen molar-refractivity contribution in [2.24, 2.45) is 0 Å². The summed E-state index contributed by atoms with van der Waals surface area (Å²) in [6, 6.07) is 14.0.